The van der Waals surface area contributed by atoms with E-state index in [2.05, 4.69) is 40.5 Å². The topological polar surface area (TPSA) is 76.1 Å². The molecule has 2 aromatic carbocycles. The summed E-state index contributed by atoms with van der Waals surface area (Å²) in [7, 11) is 0. The molecule has 0 amide bonds. The second-order valence-electron chi connectivity index (χ2n) is 6.52. The van der Waals surface area contributed by atoms with Gasteiger partial charge < -0.3 is 15.4 Å². The van der Waals surface area contributed by atoms with Gasteiger partial charge in [0.25, 0.3) is 0 Å². The van der Waals surface area contributed by atoms with Crippen molar-refractivity contribution in [2.75, 3.05) is 17.2 Å². The first-order valence-corrected chi connectivity index (χ1v) is 9.30. The summed E-state index contributed by atoms with van der Waals surface area (Å²) in [6.45, 7) is 6.40. The lowest BCUT2D eigenvalue weighted by Crippen LogP contribution is -2.08. The first-order chi connectivity index (χ1) is 13.6. The minimum Gasteiger partial charge on any atom is -0.462 e. The largest absolute Gasteiger partial charge is 0.462 e. The number of nitrogens with zero attached hydrogens (tertiary/aromatic N) is 2. The van der Waals surface area contributed by atoms with E-state index < -0.39 is 0 Å². The SMILES string of the molecule is CCOC(=O)c1ccccc1Nc1ccnc(Nc2ccccc2C(C)C)n1. The average molecular weight is 376 g/mol. The van der Waals surface area contributed by atoms with E-state index in [1.165, 1.54) is 5.56 Å². The third-order valence-corrected chi connectivity index (χ3v) is 4.17. The number of ether oxygens (including phenoxy) is 1. The van der Waals surface area contributed by atoms with Gasteiger partial charge in [0.2, 0.25) is 5.95 Å². The molecule has 3 rings (SSSR count). The van der Waals surface area contributed by atoms with Crippen molar-refractivity contribution >= 4 is 29.1 Å². The highest BCUT2D eigenvalue weighted by Crippen LogP contribution is 2.26. The zero-order valence-electron chi connectivity index (χ0n) is 16.3. The summed E-state index contributed by atoms with van der Waals surface area (Å²) in [5.74, 6) is 1.06. The van der Waals surface area contributed by atoms with Crippen LogP contribution in [0.5, 0.6) is 0 Å². The van der Waals surface area contributed by atoms with E-state index in [0.29, 0.717) is 35.5 Å². The number of benzene rings is 2. The Morgan fingerprint density at radius 2 is 1.71 bits per heavy atom. The predicted octanol–water partition coefficient (Wildman–Crippen LogP) is 5.26. The molecule has 3 aromatic rings. The summed E-state index contributed by atoms with van der Waals surface area (Å²) in [6.07, 6.45) is 1.67. The van der Waals surface area contributed by atoms with E-state index in [1.54, 1.807) is 31.3 Å². The van der Waals surface area contributed by atoms with Crippen LogP contribution >= 0.6 is 0 Å². The third-order valence-electron chi connectivity index (χ3n) is 4.17. The van der Waals surface area contributed by atoms with Crippen molar-refractivity contribution in [3.63, 3.8) is 0 Å². The maximum atomic E-state index is 12.2. The maximum Gasteiger partial charge on any atom is 0.340 e. The highest BCUT2D eigenvalue weighted by atomic mass is 16.5. The molecule has 28 heavy (non-hydrogen) atoms. The number of carbonyl (C=O) groups is 1. The van der Waals surface area contributed by atoms with Crippen LogP contribution in [0.2, 0.25) is 0 Å². The summed E-state index contributed by atoms with van der Waals surface area (Å²) < 4.78 is 5.12. The second-order valence-corrected chi connectivity index (χ2v) is 6.52. The van der Waals surface area contributed by atoms with E-state index >= 15 is 0 Å². The van der Waals surface area contributed by atoms with Gasteiger partial charge in [-0.15, -0.1) is 0 Å². The quantitative estimate of drug-likeness (QED) is 0.548. The molecule has 6 heteroatoms. The van der Waals surface area contributed by atoms with Gasteiger partial charge in [0, 0.05) is 11.9 Å². The fraction of sp³-hybridized carbons (Fsp3) is 0.227. The van der Waals surface area contributed by atoms with Crippen LogP contribution in [0.25, 0.3) is 0 Å². The summed E-state index contributed by atoms with van der Waals surface area (Å²) in [6, 6.07) is 17.0. The third kappa shape index (κ3) is 4.65. The second kappa shape index (κ2) is 8.99. The van der Waals surface area contributed by atoms with Crippen LogP contribution in [0.4, 0.5) is 23.1 Å². The minimum absolute atomic E-state index is 0.323. The van der Waals surface area contributed by atoms with Crippen LogP contribution < -0.4 is 10.6 Å². The molecule has 2 N–H and O–H groups in total. The Balaban J connectivity index is 1.83. The van der Waals surface area contributed by atoms with Crippen LogP contribution in [-0.2, 0) is 4.74 Å². The van der Waals surface area contributed by atoms with Crippen LogP contribution in [0, 0.1) is 0 Å². The molecule has 1 aromatic heterocycles. The number of aromatic nitrogens is 2. The molecule has 0 saturated carbocycles. The van der Waals surface area contributed by atoms with Gasteiger partial charge in [-0.05, 0) is 42.7 Å². The molecule has 0 aliphatic heterocycles. The molecule has 144 valence electrons. The predicted molar refractivity (Wildman–Crippen MR) is 112 cm³/mol. The van der Waals surface area contributed by atoms with Gasteiger partial charge in [0.05, 0.1) is 17.9 Å². The Kier molecular flexibility index (Phi) is 6.22. The lowest BCUT2D eigenvalue weighted by molar-refractivity contribution is 0.0527. The molecule has 0 atom stereocenters. The van der Waals surface area contributed by atoms with Gasteiger partial charge in [-0.2, -0.15) is 4.98 Å². The van der Waals surface area contributed by atoms with Gasteiger partial charge in [-0.1, -0.05) is 44.2 Å². The standard InChI is InChI=1S/C22H24N4O2/c1-4-28-21(27)17-10-6-8-12-19(17)24-20-13-14-23-22(26-20)25-18-11-7-5-9-16(18)15(2)3/h5-15H,4H2,1-3H3,(H2,23,24,25,26). The Bertz CT molecular complexity index is 957. The minimum atomic E-state index is -0.371. The lowest BCUT2D eigenvalue weighted by atomic mass is 10.0. The van der Waals surface area contributed by atoms with Crippen LogP contribution in [-0.4, -0.2) is 22.5 Å². The summed E-state index contributed by atoms with van der Waals surface area (Å²) in [5, 5.41) is 6.47. The van der Waals surface area contributed by atoms with Gasteiger partial charge in [0.15, 0.2) is 0 Å². The Hall–Kier alpha value is -3.41. The summed E-state index contributed by atoms with van der Waals surface area (Å²) in [4.78, 5) is 21.0. The van der Waals surface area contributed by atoms with Crippen molar-refractivity contribution in [1.29, 1.82) is 0 Å². The first-order valence-electron chi connectivity index (χ1n) is 9.30. The molecule has 0 radical (unpaired) electrons. The lowest BCUT2D eigenvalue weighted by Gasteiger charge is -2.14. The van der Waals surface area contributed by atoms with E-state index in [4.69, 9.17) is 4.74 Å². The maximum absolute atomic E-state index is 12.2. The average Bonchev–Trinajstić information content (AvgIpc) is 2.69. The number of nitrogens with one attached hydrogen (secondary N) is 2. The van der Waals surface area contributed by atoms with Crippen molar-refractivity contribution in [1.82, 2.24) is 9.97 Å². The monoisotopic (exact) mass is 376 g/mol. The fourth-order valence-electron chi connectivity index (χ4n) is 2.84. The molecular weight excluding hydrogens is 352 g/mol. The van der Waals surface area contributed by atoms with Gasteiger partial charge in [0.1, 0.15) is 5.82 Å². The van der Waals surface area contributed by atoms with Gasteiger partial charge in [-0.25, -0.2) is 9.78 Å². The molecular formula is C22H24N4O2. The number of rotatable bonds is 7. The van der Waals surface area contributed by atoms with Crippen molar-refractivity contribution in [3.05, 3.63) is 71.9 Å². The van der Waals surface area contributed by atoms with Gasteiger partial charge >= 0.3 is 5.97 Å². The van der Waals surface area contributed by atoms with E-state index in [9.17, 15) is 4.79 Å². The number of carbonyl (C=O) groups excluding carboxylic acids is 1. The number of anilines is 4. The normalized spacial score (nSPS) is 10.6. The number of hydrogen-bond acceptors (Lipinski definition) is 6. The smallest absolute Gasteiger partial charge is 0.340 e. The fourth-order valence-corrected chi connectivity index (χ4v) is 2.84. The molecule has 0 saturated heterocycles. The first kappa shape index (κ1) is 19.4. The van der Waals surface area contributed by atoms with Crippen molar-refractivity contribution < 1.29 is 9.53 Å². The molecule has 0 aliphatic carbocycles. The molecule has 0 fully saturated rings. The number of hydrogen-bond donors (Lipinski definition) is 2. The molecule has 0 unspecified atom stereocenters. The Morgan fingerprint density at radius 1 is 1.00 bits per heavy atom. The molecule has 0 aliphatic rings. The van der Waals surface area contributed by atoms with E-state index in [-0.39, 0.29) is 5.97 Å². The van der Waals surface area contributed by atoms with Crippen molar-refractivity contribution in [3.8, 4) is 0 Å². The van der Waals surface area contributed by atoms with Crippen molar-refractivity contribution in [2.45, 2.75) is 26.7 Å². The Morgan fingerprint density at radius 3 is 2.46 bits per heavy atom. The van der Waals surface area contributed by atoms with Gasteiger partial charge in [-0.3, -0.25) is 0 Å². The van der Waals surface area contributed by atoms with E-state index in [0.717, 1.165) is 5.69 Å². The molecule has 1 heterocycles. The number of esters is 1. The van der Waals surface area contributed by atoms with Crippen LogP contribution in [0.15, 0.2) is 60.8 Å². The zero-order valence-corrected chi connectivity index (χ0v) is 16.3. The van der Waals surface area contributed by atoms with Crippen molar-refractivity contribution in [2.24, 2.45) is 0 Å². The summed E-state index contributed by atoms with van der Waals surface area (Å²) >= 11 is 0. The number of para-hydroxylation sites is 2. The van der Waals surface area contributed by atoms with Crippen LogP contribution in [0.1, 0.15) is 42.6 Å². The Labute approximate surface area is 165 Å². The van der Waals surface area contributed by atoms with E-state index in [1.807, 2.05) is 30.3 Å². The molecule has 0 spiro atoms. The highest BCUT2D eigenvalue weighted by Gasteiger charge is 2.13. The summed E-state index contributed by atoms with van der Waals surface area (Å²) in [5.41, 5.74) is 3.26. The molecule has 0 bridgehead atoms. The highest BCUT2D eigenvalue weighted by molar-refractivity contribution is 5.96. The zero-order chi connectivity index (χ0) is 19.9. The van der Waals surface area contributed by atoms with Crippen LogP contribution in [0.3, 0.4) is 0 Å². The molecule has 6 nitrogen and oxygen atoms in total.